The number of aryl methyl sites for hydroxylation is 4. The van der Waals surface area contributed by atoms with Crippen LogP contribution in [0.1, 0.15) is 22.3 Å². The molecule has 0 aliphatic heterocycles. The summed E-state index contributed by atoms with van der Waals surface area (Å²) in [7, 11) is -4.58. The zero-order chi connectivity index (χ0) is 18.1. The van der Waals surface area contributed by atoms with Crippen molar-refractivity contribution in [2.24, 2.45) is 0 Å². The highest BCUT2D eigenvalue weighted by atomic mass is 32.2. The van der Waals surface area contributed by atoms with Crippen molar-refractivity contribution in [1.29, 1.82) is 0 Å². The molecule has 0 radical (unpaired) electrons. The van der Waals surface area contributed by atoms with E-state index in [0.29, 0.717) is 22.3 Å². The largest absolute Gasteiger partial charge is 0.464 e. The third kappa shape index (κ3) is 3.35. The molecule has 24 heavy (non-hydrogen) atoms. The zero-order valence-corrected chi connectivity index (χ0v) is 14.7. The number of amides is 1. The van der Waals surface area contributed by atoms with Crippen molar-refractivity contribution in [2.45, 2.75) is 27.7 Å². The predicted molar refractivity (Wildman–Crippen MR) is 91.9 cm³/mol. The summed E-state index contributed by atoms with van der Waals surface area (Å²) < 4.78 is 30.8. The topological polar surface area (TPSA) is 83.9 Å². The summed E-state index contributed by atoms with van der Waals surface area (Å²) in [4.78, 5) is 11.7. The highest BCUT2D eigenvalue weighted by molar-refractivity contribution is 7.89. The molecule has 7 heteroatoms. The average Bonchev–Trinajstić information content (AvgIpc) is 2.46. The lowest BCUT2D eigenvalue weighted by Gasteiger charge is -2.23. The van der Waals surface area contributed by atoms with Crippen LogP contribution in [-0.2, 0) is 10.3 Å². The van der Waals surface area contributed by atoms with Gasteiger partial charge < -0.3 is 9.29 Å². The lowest BCUT2D eigenvalue weighted by molar-refractivity contribution is 0.205. The first kappa shape index (κ1) is 17.8. The van der Waals surface area contributed by atoms with E-state index in [0.717, 1.165) is 0 Å². The number of anilines is 1. The molecular formula is C17H19NO5S. The maximum atomic E-state index is 12.7. The maximum absolute atomic E-state index is 12.7. The maximum Gasteiger partial charge on any atom is 0.428 e. The summed E-state index contributed by atoms with van der Waals surface area (Å²) in [6.45, 7) is 6.68. The van der Waals surface area contributed by atoms with E-state index >= 15 is 0 Å². The molecule has 0 fully saturated rings. The Kier molecular flexibility index (Phi) is 4.84. The Balaban J connectivity index is 2.57. The number of nitrogens with zero attached hydrogens (tertiary/aromatic N) is 1. The third-order valence-electron chi connectivity index (χ3n) is 3.64. The molecule has 128 valence electrons. The van der Waals surface area contributed by atoms with Gasteiger partial charge in [0.1, 0.15) is 5.75 Å². The normalized spacial score (nSPS) is 11.2. The van der Waals surface area contributed by atoms with Gasteiger partial charge in [0.2, 0.25) is 0 Å². The SMILES string of the molecule is Cc1cccc(C)c1OS(=O)(=O)N(C(=O)O)c1c(C)cccc1C. The first-order valence-corrected chi connectivity index (χ1v) is 8.61. The van der Waals surface area contributed by atoms with E-state index in [1.165, 1.54) is 0 Å². The van der Waals surface area contributed by atoms with E-state index < -0.39 is 16.4 Å². The number of benzene rings is 2. The van der Waals surface area contributed by atoms with Crippen molar-refractivity contribution in [3.05, 3.63) is 58.7 Å². The lowest BCUT2D eigenvalue weighted by Crippen LogP contribution is -2.40. The van der Waals surface area contributed by atoms with Crippen LogP contribution in [0.25, 0.3) is 0 Å². The van der Waals surface area contributed by atoms with Crippen LogP contribution in [0.2, 0.25) is 0 Å². The molecule has 1 amide bonds. The van der Waals surface area contributed by atoms with E-state index in [-0.39, 0.29) is 15.7 Å². The summed E-state index contributed by atoms with van der Waals surface area (Å²) in [5.41, 5.74) is 2.32. The van der Waals surface area contributed by atoms with Gasteiger partial charge in [-0.3, -0.25) is 0 Å². The quantitative estimate of drug-likeness (QED) is 0.909. The molecule has 2 aromatic rings. The molecular weight excluding hydrogens is 330 g/mol. The van der Waals surface area contributed by atoms with Crippen LogP contribution in [0.4, 0.5) is 10.5 Å². The van der Waals surface area contributed by atoms with Gasteiger partial charge in [-0.1, -0.05) is 36.4 Å². The Labute approximate surface area is 141 Å². The molecule has 0 saturated carbocycles. The van der Waals surface area contributed by atoms with Gasteiger partial charge >= 0.3 is 16.4 Å². The number of hydrogen-bond acceptors (Lipinski definition) is 4. The zero-order valence-electron chi connectivity index (χ0n) is 13.9. The molecule has 0 aliphatic rings. The Morgan fingerprint density at radius 3 is 1.75 bits per heavy atom. The molecule has 1 N–H and O–H groups in total. The summed E-state index contributed by atoms with van der Waals surface area (Å²) in [6, 6.07) is 10.2. The Bertz CT molecular complexity index is 849. The number of carbonyl (C=O) groups is 1. The van der Waals surface area contributed by atoms with Gasteiger partial charge in [-0.05, 0) is 49.9 Å². The Morgan fingerprint density at radius 2 is 1.33 bits per heavy atom. The third-order valence-corrected chi connectivity index (χ3v) is 4.80. The lowest BCUT2D eigenvalue weighted by atomic mass is 10.1. The van der Waals surface area contributed by atoms with E-state index in [1.807, 2.05) is 0 Å². The smallest absolute Gasteiger partial charge is 0.428 e. The van der Waals surface area contributed by atoms with Crippen molar-refractivity contribution in [3.63, 3.8) is 0 Å². The minimum atomic E-state index is -4.58. The summed E-state index contributed by atoms with van der Waals surface area (Å²) in [5, 5.41) is 9.49. The molecule has 0 atom stereocenters. The van der Waals surface area contributed by atoms with E-state index in [4.69, 9.17) is 4.18 Å². The second kappa shape index (κ2) is 6.52. The molecule has 0 spiro atoms. The molecule has 0 aromatic heterocycles. The Hall–Kier alpha value is -2.54. The van der Waals surface area contributed by atoms with E-state index in [9.17, 15) is 18.3 Å². The van der Waals surface area contributed by atoms with Crippen LogP contribution in [0, 0.1) is 27.7 Å². The molecule has 2 aromatic carbocycles. The molecule has 0 aliphatic carbocycles. The van der Waals surface area contributed by atoms with E-state index in [1.54, 1.807) is 64.1 Å². The Morgan fingerprint density at radius 1 is 0.917 bits per heavy atom. The fraction of sp³-hybridized carbons (Fsp3) is 0.235. The van der Waals surface area contributed by atoms with Crippen molar-refractivity contribution in [2.75, 3.05) is 4.31 Å². The average molecular weight is 349 g/mol. The van der Waals surface area contributed by atoms with Gasteiger partial charge in [-0.25, -0.2) is 4.79 Å². The van der Waals surface area contributed by atoms with Gasteiger partial charge in [-0.2, -0.15) is 8.42 Å². The monoisotopic (exact) mass is 349 g/mol. The van der Waals surface area contributed by atoms with Gasteiger partial charge in [-0.15, -0.1) is 4.31 Å². The first-order chi connectivity index (χ1) is 11.1. The number of hydrogen-bond donors (Lipinski definition) is 1. The van der Waals surface area contributed by atoms with Crippen molar-refractivity contribution < 1.29 is 22.5 Å². The summed E-state index contributed by atoms with van der Waals surface area (Å²) in [6.07, 6.45) is -1.63. The molecule has 0 saturated heterocycles. The van der Waals surface area contributed by atoms with Gasteiger partial charge in [0, 0.05) is 0 Å². The van der Waals surface area contributed by atoms with Gasteiger partial charge in [0.15, 0.2) is 0 Å². The molecule has 0 unspecified atom stereocenters. The molecule has 0 heterocycles. The van der Waals surface area contributed by atoms with Crippen LogP contribution in [0.5, 0.6) is 5.75 Å². The fourth-order valence-corrected chi connectivity index (χ4v) is 3.75. The number of rotatable bonds is 4. The van der Waals surface area contributed by atoms with Crippen LogP contribution in [-0.4, -0.2) is 19.6 Å². The first-order valence-electron chi connectivity index (χ1n) is 7.25. The van der Waals surface area contributed by atoms with Crippen LogP contribution < -0.4 is 8.49 Å². The fourth-order valence-electron chi connectivity index (χ4n) is 2.50. The predicted octanol–water partition coefficient (Wildman–Crippen LogP) is 3.73. The number of para-hydroxylation sites is 2. The van der Waals surface area contributed by atoms with Crippen LogP contribution in [0.15, 0.2) is 36.4 Å². The van der Waals surface area contributed by atoms with Crippen molar-refractivity contribution >= 4 is 22.1 Å². The highest BCUT2D eigenvalue weighted by Crippen LogP contribution is 2.30. The van der Waals surface area contributed by atoms with Crippen molar-refractivity contribution in [1.82, 2.24) is 0 Å². The molecule has 2 rings (SSSR count). The summed E-state index contributed by atoms with van der Waals surface area (Å²) >= 11 is 0. The minimum Gasteiger partial charge on any atom is -0.464 e. The summed E-state index contributed by atoms with van der Waals surface area (Å²) in [5.74, 6) is 0.134. The molecule has 0 bridgehead atoms. The standard InChI is InChI=1S/C17H19NO5S/c1-11-7-5-8-12(2)15(11)18(17(19)20)24(21,22)23-16-13(3)9-6-10-14(16)4/h5-10H,1-4H3,(H,19,20). The van der Waals surface area contributed by atoms with Crippen LogP contribution in [0.3, 0.4) is 0 Å². The second-order valence-corrected chi connectivity index (χ2v) is 6.94. The second-order valence-electron chi connectivity index (χ2n) is 5.55. The molecule has 6 nitrogen and oxygen atoms in total. The van der Waals surface area contributed by atoms with Gasteiger partial charge in [0.05, 0.1) is 5.69 Å². The van der Waals surface area contributed by atoms with Gasteiger partial charge in [0.25, 0.3) is 0 Å². The number of carboxylic acid groups (broad SMARTS) is 1. The highest BCUT2D eigenvalue weighted by Gasteiger charge is 2.34. The van der Waals surface area contributed by atoms with Crippen LogP contribution >= 0.6 is 0 Å². The van der Waals surface area contributed by atoms with E-state index in [2.05, 4.69) is 0 Å². The van der Waals surface area contributed by atoms with Crippen molar-refractivity contribution in [3.8, 4) is 5.75 Å². The minimum absolute atomic E-state index is 0.0798.